The van der Waals surface area contributed by atoms with Crippen LogP contribution < -0.4 is 14.5 Å². The summed E-state index contributed by atoms with van der Waals surface area (Å²) in [6.07, 6.45) is 1.78. The number of methoxy groups -OCH3 is 1. The van der Waals surface area contributed by atoms with Gasteiger partial charge in [0.15, 0.2) is 5.82 Å². The van der Waals surface area contributed by atoms with Crippen molar-refractivity contribution in [1.82, 2.24) is 4.98 Å². The van der Waals surface area contributed by atoms with Crippen molar-refractivity contribution in [2.45, 2.75) is 0 Å². The second-order valence-electron chi connectivity index (χ2n) is 4.29. The van der Waals surface area contributed by atoms with Crippen molar-refractivity contribution in [1.29, 1.82) is 0 Å². The van der Waals surface area contributed by atoms with E-state index < -0.39 is 0 Å². The van der Waals surface area contributed by atoms with Crippen LogP contribution in [0.15, 0.2) is 42.6 Å². The lowest BCUT2D eigenvalue weighted by Gasteiger charge is -2.18. The van der Waals surface area contributed by atoms with Gasteiger partial charge in [-0.1, -0.05) is 18.2 Å². The molecule has 0 unspecified atom stereocenters. The molecule has 1 aromatic heterocycles. The van der Waals surface area contributed by atoms with E-state index in [1.165, 1.54) is 0 Å². The average Bonchev–Trinajstić information content (AvgIpc) is 2.77. The zero-order valence-electron chi connectivity index (χ0n) is 10.5. The highest BCUT2D eigenvalue weighted by Crippen LogP contribution is 2.43. The van der Waals surface area contributed by atoms with Crippen molar-refractivity contribution in [3.63, 3.8) is 0 Å². The second-order valence-corrected chi connectivity index (χ2v) is 4.29. The Morgan fingerprint density at radius 1 is 1.17 bits per heavy atom. The van der Waals surface area contributed by atoms with E-state index in [0.29, 0.717) is 0 Å². The lowest BCUT2D eigenvalue weighted by Crippen LogP contribution is -2.24. The third-order valence-electron chi connectivity index (χ3n) is 3.15. The van der Waals surface area contributed by atoms with E-state index in [9.17, 15) is 0 Å². The molecule has 3 rings (SSSR count). The van der Waals surface area contributed by atoms with Crippen molar-refractivity contribution >= 4 is 17.2 Å². The first kappa shape index (κ1) is 10.9. The summed E-state index contributed by atoms with van der Waals surface area (Å²) in [5.74, 6) is 1.81. The van der Waals surface area contributed by atoms with Gasteiger partial charge in [-0.25, -0.2) is 4.98 Å². The molecule has 0 radical (unpaired) electrons. The number of rotatable bonds is 2. The molecule has 1 aliphatic rings. The number of para-hydroxylation sites is 1. The molecule has 0 aliphatic carbocycles. The number of hydrogen-bond acceptors (Lipinski definition) is 4. The number of aromatic nitrogens is 1. The monoisotopic (exact) mass is 241 g/mol. The molecule has 0 fully saturated rings. The van der Waals surface area contributed by atoms with Crippen molar-refractivity contribution in [2.75, 3.05) is 30.6 Å². The SMILES string of the molecule is COc1ccnc2c1N(C)CN2c1ccccc1. The fraction of sp³-hybridized carbons (Fsp3) is 0.214. The van der Waals surface area contributed by atoms with Crippen molar-refractivity contribution in [3.05, 3.63) is 42.6 Å². The van der Waals surface area contributed by atoms with E-state index in [2.05, 4.69) is 26.9 Å². The minimum Gasteiger partial charge on any atom is -0.494 e. The molecule has 92 valence electrons. The number of anilines is 3. The molecule has 2 heterocycles. The fourth-order valence-electron chi connectivity index (χ4n) is 2.31. The van der Waals surface area contributed by atoms with Gasteiger partial charge in [-0.15, -0.1) is 0 Å². The minimum atomic E-state index is 0.784. The highest BCUT2D eigenvalue weighted by atomic mass is 16.5. The zero-order chi connectivity index (χ0) is 12.5. The maximum atomic E-state index is 5.40. The number of hydrogen-bond donors (Lipinski definition) is 0. The average molecular weight is 241 g/mol. The largest absolute Gasteiger partial charge is 0.494 e. The third kappa shape index (κ3) is 1.57. The van der Waals surface area contributed by atoms with Crippen LogP contribution in [-0.4, -0.2) is 25.8 Å². The molecule has 2 aromatic rings. The van der Waals surface area contributed by atoms with Crippen LogP contribution in [0.25, 0.3) is 0 Å². The van der Waals surface area contributed by atoms with Gasteiger partial charge < -0.3 is 14.5 Å². The first-order valence-corrected chi connectivity index (χ1v) is 5.88. The standard InChI is InChI=1S/C14H15N3O/c1-16-10-17(11-6-4-3-5-7-11)14-13(16)12(18-2)8-9-15-14/h3-9H,10H2,1-2H3. The maximum Gasteiger partial charge on any atom is 0.162 e. The first-order valence-electron chi connectivity index (χ1n) is 5.88. The lowest BCUT2D eigenvalue weighted by molar-refractivity contribution is 0.415. The third-order valence-corrected chi connectivity index (χ3v) is 3.15. The maximum absolute atomic E-state index is 5.40. The summed E-state index contributed by atoms with van der Waals surface area (Å²) in [6.45, 7) is 0.784. The van der Waals surface area contributed by atoms with Crippen molar-refractivity contribution in [2.24, 2.45) is 0 Å². The normalized spacial score (nSPS) is 13.7. The Hall–Kier alpha value is -2.23. The summed E-state index contributed by atoms with van der Waals surface area (Å²) < 4.78 is 5.40. The van der Waals surface area contributed by atoms with Crippen LogP contribution in [0.5, 0.6) is 5.75 Å². The molecule has 0 N–H and O–H groups in total. The molecule has 1 aliphatic heterocycles. The van der Waals surface area contributed by atoms with E-state index in [0.717, 1.165) is 29.6 Å². The Kier molecular flexibility index (Phi) is 2.55. The second kappa shape index (κ2) is 4.22. The number of benzene rings is 1. The first-order chi connectivity index (χ1) is 8.81. The van der Waals surface area contributed by atoms with Crippen molar-refractivity contribution in [3.8, 4) is 5.75 Å². The molecule has 0 saturated heterocycles. The van der Waals surface area contributed by atoms with Crippen LogP contribution in [-0.2, 0) is 0 Å². The van der Waals surface area contributed by atoms with E-state index in [1.54, 1.807) is 13.3 Å². The van der Waals surface area contributed by atoms with Crippen LogP contribution in [0.3, 0.4) is 0 Å². The van der Waals surface area contributed by atoms with Gasteiger partial charge in [0, 0.05) is 25.0 Å². The molecule has 0 amide bonds. The highest BCUT2D eigenvalue weighted by Gasteiger charge is 2.28. The Morgan fingerprint density at radius 2 is 1.94 bits per heavy atom. The number of fused-ring (bicyclic) bond motifs is 1. The number of pyridine rings is 1. The van der Waals surface area contributed by atoms with Crippen LogP contribution in [0.2, 0.25) is 0 Å². The van der Waals surface area contributed by atoms with Gasteiger partial charge in [-0.05, 0) is 12.1 Å². The summed E-state index contributed by atoms with van der Waals surface area (Å²) in [4.78, 5) is 8.81. The molecule has 4 heteroatoms. The summed E-state index contributed by atoms with van der Waals surface area (Å²) >= 11 is 0. The van der Waals surface area contributed by atoms with Gasteiger partial charge in [0.1, 0.15) is 11.4 Å². The molecule has 1 aromatic carbocycles. The van der Waals surface area contributed by atoms with E-state index >= 15 is 0 Å². The van der Waals surface area contributed by atoms with Gasteiger partial charge in [0.05, 0.1) is 13.8 Å². The Bertz CT molecular complexity index is 556. The van der Waals surface area contributed by atoms with E-state index in [4.69, 9.17) is 4.74 Å². The smallest absolute Gasteiger partial charge is 0.162 e. The molecule has 18 heavy (non-hydrogen) atoms. The summed E-state index contributed by atoms with van der Waals surface area (Å²) in [6, 6.07) is 12.2. The van der Waals surface area contributed by atoms with Gasteiger partial charge in [0.25, 0.3) is 0 Å². The van der Waals surface area contributed by atoms with Gasteiger partial charge in [-0.3, -0.25) is 0 Å². The van der Waals surface area contributed by atoms with Crippen LogP contribution in [0, 0.1) is 0 Å². The predicted octanol–water partition coefficient (Wildman–Crippen LogP) is 2.64. The van der Waals surface area contributed by atoms with Crippen LogP contribution >= 0.6 is 0 Å². The van der Waals surface area contributed by atoms with E-state index in [1.807, 2.05) is 31.3 Å². The van der Waals surface area contributed by atoms with Crippen LogP contribution in [0.1, 0.15) is 0 Å². The zero-order valence-corrected chi connectivity index (χ0v) is 10.5. The number of ether oxygens (including phenoxy) is 1. The van der Waals surface area contributed by atoms with E-state index in [-0.39, 0.29) is 0 Å². The fourth-order valence-corrected chi connectivity index (χ4v) is 2.31. The summed E-state index contributed by atoms with van der Waals surface area (Å²) in [7, 11) is 3.74. The summed E-state index contributed by atoms with van der Waals surface area (Å²) in [5.41, 5.74) is 2.19. The molecule has 4 nitrogen and oxygen atoms in total. The lowest BCUT2D eigenvalue weighted by atomic mass is 10.3. The van der Waals surface area contributed by atoms with Crippen molar-refractivity contribution < 1.29 is 4.74 Å². The van der Waals surface area contributed by atoms with Crippen LogP contribution in [0.4, 0.5) is 17.2 Å². The molecule has 0 atom stereocenters. The topological polar surface area (TPSA) is 28.6 Å². The van der Waals surface area contributed by atoms with Gasteiger partial charge >= 0.3 is 0 Å². The molecule has 0 spiro atoms. The molecular weight excluding hydrogens is 226 g/mol. The summed E-state index contributed by atoms with van der Waals surface area (Å²) in [5, 5.41) is 0. The minimum absolute atomic E-state index is 0.784. The number of nitrogens with zero attached hydrogens (tertiary/aromatic N) is 3. The Balaban J connectivity index is 2.10. The van der Waals surface area contributed by atoms with Gasteiger partial charge in [0.2, 0.25) is 0 Å². The Labute approximate surface area is 106 Å². The highest BCUT2D eigenvalue weighted by molar-refractivity contribution is 5.83. The quantitative estimate of drug-likeness (QED) is 0.808. The van der Waals surface area contributed by atoms with Gasteiger partial charge in [-0.2, -0.15) is 0 Å². The predicted molar refractivity (Wildman–Crippen MR) is 72.6 cm³/mol. The Morgan fingerprint density at radius 3 is 2.67 bits per heavy atom. The molecule has 0 bridgehead atoms. The molecular formula is C14H15N3O. The molecule has 0 saturated carbocycles.